The molecule has 0 N–H and O–H groups in total. The molecule has 5 rings (SSSR count). The van der Waals surface area contributed by atoms with E-state index in [1.807, 2.05) is 44.2 Å². The molecule has 2 aliphatic heterocycles. The minimum absolute atomic E-state index is 0.0941. The van der Waals surface area contributed by atoms with Crippen LogP contribution in [-0.2, 0) is 19.2 Å². The number of allylic oxidation sites excluding steroid dienone is 2. The van der Waals surface area contributed by atoms with E-state index in [2.05, 4.69) is 0 Å². The largest absolute Gasteiger partial charge is 0.426 e. The molecule has 0 aromatic heterocycles. The van der Waals surface area contributed by atoms with E-state index in [4.69, 9.17) is 4.74 Å². The van der Waals surface area contributed by atoms with Gasteiger partial charge in [-0.2, -0.15) is 0 Å². The molecule has 2 aromatic rings. The number of ether oxygens (including phenoxy) is 1. The van der Waals surface area contributed by atoms with Crippen LogP contribution in [0.3, 0.4) is 0 Å². The summed E-state index contributed by atoms with van der Waals surface area (Å²) in [5.41, 5.74) is 4.10. The van der Waals surface area contributed by atoms with Crippen LogP contribution in [0.4, 0.5) is 11.4 Å². The first-order valence-corrected chi connectivity index (χ1v) is 12.0. The average molecular weight is 473 g/mol. The summed E-state index contributed by atoms with van der Waals surface area (Å²) in [4.78, 5) is 54.3. The number of amides is 3. The topological polar surface area (TPSA) is 84.0 Å². The fourth-order valence-electron chi connectivity index (χ4n) is 5.39. The van der Waals surface area contributed by atoms with Gasteiger partial charge in [0, 0.05) is 18.7 Å². The van der Waals surface area contributed by atoms with E-state index in [0.29, 0.717) is 29.8 Å². The third-order valence-corrected chi connectivity index (χ3v) is 7.24. The van der Waals surface area contributed by atoms with Gasteiger partial charge in [-0.3, -0.25) is 19.2 Å². The third-order valence-electron chi connectivity index (χ3n) is 7.24. The Kier molecular flexibility index (Phi) is 5.79. The molecule has 0 bridgehead atoms. The highest BCUT2D eigenvalue weighted by Gasteiger charge is 2.48. The Morgan fingerprint density at radius 2 is 1.49 bits per heavy atom. The van der Waals surface area contributed by atoms with Crippen LogP contribution in [0.1, 0.15) is 36.0 Å². The number of aryl methyl sites for hydroxylation is 3. The van der Waals surface area contributed by atoms with E-state index < -0.39 is 11.9 Å². The van der Waals surface area contributed by atoms with Gasteiger partial charge < -0.3 is 9.64 Å². The quantitative estimate of drug-likeness (QED) is 0.290. The van der Waals surface area contributed by atoms with Gasteiger partial charge in [-0.25, -0.2) is 4.90 Å². The van der Waals surface area contributed by atoms with Crippen molar-refractivity contribution in [1.29, 1.82) is 0 Å². The van der Waals surface area contributed by atoms with Crippen LogP contribution < -0.4 is 14.5 Å². The second kappa shape index (κ2) is 8.80. The van der Waals surface area contributed by atoms with Crippen LogP contribution in [0.5, 0.6) is 5.75 Å². The Morgan fingerprint density at radius 3 is 2.11 bits per heavy atom. The van der Waals surface area contributed by atoms with Crippen molar-refractivity contribution in [1.82, 2.24) is 0 Å². The number of nitrogens with zero attached hydrogens (tertiary/aromatic N) is 2. The summed E-state index contributed by atoms with van der Waals surface area (Å²) >= 11 is 0. The summed E-state index contributed by atoms with van der Waals surface area (Å²) in [6, 6.07) is 10.8. The molecule has 7 nitrogen and oxygen atoms in total. The molecule has 180 valence electrons. The number of imide groups is 1. The summed E-state index contributed by atoms with van der Waals surface area (Å²) in [6.45, 7) is 6.00. The van der Waals surface area contributed by atoms with Crippen LogP contribution in [0.25, 0.3) is 0 Å². The minimum Gasteiger partial charge on any atom is -0.426 e. The Morgan fingerprint density at radius 1 is 0.857 bits per heavy atom. The SMILES string of the molecule is Cc1ccc(N2C[C@H](C(=O)Oc3ccc(N4C(=O)[C@H]5CC=CC[C@@H]5C4=O)c(C)c3)CC2=O)c(C)c1. The minimum atomic E-state index is -0.569. The number of carbonyl (C=O) groups excluding carboxylic acids is 4. The monoisotopic (exact) mass is 472 g/mol. The zero-order chi connectivity index (χ0) is 24.9. The fraction of sp³-hybridized carbons (Fsp3) is 0.357. The first-order valence-electron chi connectivity index (χ1n) is 12.0. The summed E-state index contributed by atoms with van der Waals surface area (Å²) in [5, 5.41) is 0. The lowest BCUT2D eigenvalue weighted by atomic mass is 9.85. The maximum Gasteiger partial charge on any atom is 0.316 e. The molecule has 0 radical (unpaired) electrons. The maximum absolute atomic E-state index is 12.9. The molecule has 1 aliphatic carbocycles. The van der Waals surface area contributed by atoms with Crippen LogP contribution in [0.2, 0.25) is 0 Å². The van der Waals surface area contributed by atoms with Crippen molar-refractivity contribution in [2.24, 2.45) is 17.8 Å². The van der Waals surface area contributed by atoms with E-state index >= 15 is 0 Å². The Hall–Kier alpha value is -3.74. The number of esters is 1. The molecule has 3 atom stereocenters. The highest BCUT2D eigenvalue weighted by molar-refractivity contribution is 6.22. The smallest absolute Gasteiger partial charge is 0.316 e. The van der Waals surface area contributed by atoms with Crippen LogP contribution in [0.15, 0.2) is 48.6 Å². The van der Waals surface area contributed by atoms with Crippen molar-refractivity contribution in [3.05, 3.63) is 65.2 Å². The van der Waals surface area contributed by atoms with Crippen molar-refractivity contribution in [2.75, 3.05) is 16.3 Å². The van der Waals surface area contributed by atoms with E-state index in [-0.39, 0.29) is 42.5 Å². The number of hydrogen-bond donors (Lipinski definition) is 0. The van der Waals surface area contributed by atoms with Crippen LogP contribution >= 0.6 is 0 Å². The van der Waals surface area contributed by atoms with Crippen molar-refractivity contribution in [3.8, 4) is 5.75 Å². The highest BCUT2D eigenvalue weighted by atomic mass is 16.5. The summed E-state index contributed by atoms with van der Waals surface area (Å²) in [7, 11) is 0. The molecular formula is C28H28N2O5. The number of hydrogen-bond acceptors (Lipinski definition) is 5. The molecule has 2 aromatic carbocycles. The zero-order valence-electron chi connectivity index (χ0n) is 20.1. The zero-order valence-corrected chi connectivity index (χ0v) is 20.1. The molecule has 2 fully saturated rings. The molecule has 0 unspecified atom stereocenters. The van der Waals surface area contributed by atoms with Crippen LogP contribution in [0, 0.1) is 38.5 Å². The van der Waals surface area contributed by atoms with Gasteiger partial charge in [0.15, 0.2) is 0 Å². The van der Waals surface area contributed by atoms with Gasteiger partial charge in [-0.15, -0.1) is 0 Å². The molecule has 0 spiro atoms. The predicted molar refractivity (Wildman–Crippen MR) is 131 cm³/mol. The lowest BCUT2D eigenvalue weighted by Gasteiger charge is -2.20. The normalized spacial score (nSPS) is 23.7. The molecule has 2 saturated heterocycles. The summed E-state index contributed by atoms with van der Waals surface area (Å²) in [5.74, 6) is -1.77. The highest BCUT2D eigenvalue weighted by Crippen LogP contribution is 2.39. The van der Waals surface area contributed by atoms with Gasteiger partial charge in [-0.05, 0) is 69.0 Å². The summed E-state index contributed by atoms with van der Waals surface area (Å²) < 4.78 is 5.61. The standard InChI is InChI=1S/C28H28N2O5/c1-16-8-10-23(17(2)12-16)29-15-19(14-25(29)31)28(34)35-20-9-11-24(18(3)13-20)30-26(32)21-6-4-5-7-22(21)27(30)33/h4-5,8-13,19,21-22H,6-7,14-15H2,1-3H3/t19-,21+,22+/m1/s1. The first-order chi connectivity index (χ1) is 16.7. The van der Waals surface area contributed by atoms with Gasteiger partial charge in [0.1, 0.15) is 5.75 Å². The number of anilines is 2. The number of fused-ring (bicyclic) bond motifs is 1. The van der Waals surface area contributed by atoms with Crippen molar-refractivity contribution in [3.63, 3.8) is 0 Å². The van der Waals surface area contributed by atoms with Crippen molar-refractivity contribution < 1.29 is 23.9 Å². The Bertz CT molecular complexity index is 1250. The average Bonchev–Trinajstić information content (AvgIpc) is 3.32. The molecule has 3 aliphatic rings. The van der Waals surface area contributed by atoms with Crippen molar-refractivity contribution >= 4 is 35.1 Å². The van der Waals surface area contributed by atoms with E-state index in [9.17, 15) is 19.2 Å². The molecule has 35 heavy (non-hydrogen) atoms. The lowest BCUT2D eigenvalue weighted by Crippen LogP contribution is -2.31. The molecule has 3 amide bonds. The summed E-state index contributed by atoms with van der Waals surface area (Å²) in [6.07, 6.45) is 5.18. The molecule has 7 heteroatoms. The maximum atomic E-state index is 12.9. The Labute approximate surface area is 204 Å². The molecule has 0 saturated carbocycles. The van der Waals surface area contributed by atoms with Crippen LogP contribution in [-0.4, -0.2) is 30.2 Å². The number of rotatable bonds is 4. The lowest BCUT2D eigenvalue weighted by molar-refractivity contribution is -0.139. The van der Waals surface area contributed by atoms with E-state index in [1.54, 1.807) is 30.0 Å². The van der Waals surface area contributed by atoms with E-state index in [1.165, 1.54) is 4.90 Å². The first kappa shape index (κ1) is 23.0. The molecule has 2 heterocycles. The third kappa shape index (κ3) is 4.05. The van der Waals surface area contributed by atoms with Gasteiger partial charge in [0.25, 0.3) is 0 Å². The van der Waals surface area contributed by atoms with Gasteiger partial charge in [0.2, 0.25) is 17.7 Å². The molecular weight excluding hydrogens is 444 g/mol. The predicted octanol–water partition coefficient (Wildman–Crippen LogP) is 4.03. The number of benzene rings is 2. The second-order valence-electron chi connectivity index (χ2n) is 9.73. The fourth-order valence-corrected chi connectivity index (χ4v) is 5.39. The second-order valence-corrected chi connectivity index (χ2v) is 9.73. The number of carbonyl (C=O) groups is 4. The van der Waals surface area contributed by atoms with E-state index in [0.717, 1.165) is 16.8 Å². The van der Waals surface area contributed by atoms with Gasteiger partial charge in [-0.1, -0.05) is 29.8 Å². The van der Waals surface area contributed by atoms with Crippen molar-refractivity contribution in [2.45, 2.75) is 40.0 Å². The van der Waals surface area contributed by atoms with Gasteiger partial charge in [0.05, 0.1) is 23.4 Å². The van der Waals surface area contributed by atoms with Gasteiger partial charge >= 0.3 is 5.97 Å². The Balaban J connectivity index is 1.29.